The van der Waals surface area contributed by atoms with Crippen LogP contribution in [0.2, 0.25) is 0 Å². The Morgan fingerprint density at radius 3 is 2.50 bits per heavy atom. The number of nitrogens with zero attached hydrogens (tertiary/aromatic N) is 2. The Morgan fingerprint density at radius 2 is 1.86 bits per heavy atom. The molecule has 1 aromatic carbocycles. The summed E-state index contributed by atoms with van der Waals surface area (Å²) in [6.07, 6.45) is 9.69. The van der Waals surface area contributed by atoms with Gasteiger partial charge in [-0.1, -0.05) is 13.3 Å². The van der Waals surface area contributed by atoms with Crippen LogP contribution in [0, 0.1) is 0 Å². The first-order valence-corrected chi connectivity index (χ1v) is 10.4. The van der Waals surface area contributed by atoms with Gasteiger partial charge in [0, 0.05) is 36.7 Å². The number of ether oxygens (including phenoxy) is 2. The molecule has 0 saturated carbocycles. The molecule has 5 heteroatoms. The number of amides is 1. The number of unbranched alkanes of at least 4 members (excludes halogenated alkanes) is 1. The van der Waals surface area contributed by atoms with Crippen molar-refractivity contribution in [2.75, 3.05) is 6.61 Å². The van der Waals surface area contributed by atoms with Crippen molar-refractivity contribution in [3.05, 3.63) is 54.4 Å². The van der Waals surface area contributed by atoms with E-state index in [2.05, 4.69) is 16.8 Å². The van der Waals surface area contributed by atoms with Crippen LogP contribution in [0.15, 0.2) is 48.8 Å². The average Bonchev–Trinajstić information content (AvgIpc) is 2.99. The van der Waals surface area contributed by atoms with Gasteiger partial charge in [0.2, 0.25) is 0 Å². The minimum atomic E-state index is 0.132. The third kappa shape index (κ3) is 4.13. The molecule has 2 aliphatic heterocycles. The molecule has 148 valence electrons. The van der Waals surface area contributed by atoms with Crippen LogP contribution in [0.1, 0.15) is 55.8 Å². The van der Waals surface area contributed by atoms with E-state index < -0.39 is 0 Å². The van der Waals surface area contributed by atoms with Crippen LogP contribution in [-0.2, 0) is 0 Å². The highest BCUT2D eigenvalue weighted by Gasteiger charge is 2.44. The molecule has 0 radical (unpaired) electrons. The lowest BCUT2D eigenvalue weighted by Crippen LogP contribution is -2.49. The molecule has 2 unspecified atom stereocenters. The van der Waals surface area contributed by atoms with Gasteiger partial charge in [-0.2, -0.15) is 0 Å². The second-order valence-electron chi connectivity index (χ2n) is 7.72. The number of benzene rings is 1. The van der Waals surface area contributed by atoms with Crippen LogP contribution in [0.3, 0.4) is 0 Å². The second-order valence-corrected chi connectivity index (χ2v) is 7.72. The minimum absolute atomic E-state index is 0.132. The van der Waals surface area contributed by atoms with Crippen LogP contribution in [0.25, 0.3) is 0 Å². The SMILES string of the molecule is CCCCOc1ccc(C(=O)N2C3CCC2CC(Oc2cccnc2)C3)cc1. The number of piperidine rings is 1. The third-order valence-electron chi connectivity index (χ3n) is 5.73. The van der Waals surface area contributed by atoms with Crippen molar-refractivity contribution in [1.82, 2.24) is 9.88 Å². The van der Waals surface area contributed by atoms with E-state index >= 15 is 0 Å². The van der Waals surface area contributed by atoms with Crippen LogP contribution >= 0.6 is 0 Å². The van der Waals surface area contributed by atoms with E-state index in [1.165, 1.54) is 0 Å². The fraction of sp³-hybridized carbons (Fsp3) is 0.478. The molecule has 0 N–H and O–H groups in total. The smallest absolute Gasteiger partial charge is 0.254 e. The molecule has 4 rings (SSSR count). The Balaban J connectivity index is 1.38. The number of carbonyl (C=O) groups excluding carboxylic acids is 1. The summed E-state index contributed by atoms with van der Waals surface area (Å²) >= 11 is 0. The summed E-state index contributed by atoms with van der Waals surface area (Å²) < 4.78 is 11.8. The molecule has 0 spiro atoms. The molecule has 2 aliphatic rings. The fourth-order valence-corrected chi connectivity index (χ4v) is 4.34. The summed E-state index contributed by atoms with van der Waals surface area (Å²) in [5, 5.41) is 0. The van der Waals surface area contributed by atoms with E-state index in [0.29, 0.717) is 0 Å². The zero-order chi connectivity index (χ0) is 19.3. The van der Waals surface area contributed by atoms with Gasteiger partial charge in [0.1, 0.15) is 17.6 Å². The van der Waals surface area contributed by atoms with E-state index in [-0.39, 0.29) is 24.1 Å². The Bertz CT molecular complexity index is 764. The van der Waals surface area contributed by atoms with Gasteiger partial charge < -0.3 is 14.4 Å². The first-order valence-electron chi connectivity index (χ1n) is 10.4. The maximum absolute atomic E-state index is 13.1. The monoisotopic (exact) mass is 380 g/mol. The molecule has 2 aromatic rings. The maximum Gasteiger partial charge on any atom is 0.254 e. The number of hydrogen-bond acceptors (Lipinski definition) is 4. The first kappa shape index (κ1) is 18.8. The van der Waals surface area contributed by atoms with E-state index in [9.17, 15) is 4.79 Å². The van der Waals surface area contributed by atoms with Crippen molar-refractivity contribution >= 4 is 5.91 Å². The highest BCUT2D eigenvalue weighted by atomic mass is 16.5. The largest absolute Gasteiger partial charge is 0.494 e. The number of rotatable bonds is 7. The van der Waals surface area contributed by atoms with Crippen molar-refractivity contribution in [3.8, 4) is 11.5 Å². The Morgan fingerprint density at radius 1 is 1.11 bits per heavy atom. The lowest BCUT2D eigenvalue weighted by molar-refractivity contribution is 0.0358. The second kappa shape index (κ2) is 8.63. The number of carbonyl (C=O) groups is 1. The Hall–Kier alpha value is -2.56. The quantitative estimate of drug-likeness (QED) is 0.665. The summed E-state index contributed by atoms with van der Waals surface area (Å²) in [6.45, 7) is 2.86. The number of aromatic nitrogens is 1. The minimum Gasteiger partial charge on any atom is -0.494 e. The molecule has 3 heterocycles. The van der Waals surface area contributed by atoms with E-state index in [1.807, 2.05) is 36.4 Å². The molecular weight excluding hydrogens is 352 g/mol. The zero-order valence-corrected chi connectivity index (χ0v) is 16.4. The topological polar surface area (TPSA) is 51.7 Å². The molecule has 28 heavy (non-hydrogen) atoms. The number of pyridine rings is 1. The predicted molar refractivity (Wildman–Crippen MR) is 108 cm³/mol. The first-order chi connectivity index (χ1) is 13.7. The van der Waals surface area contributed by atoms with Gasteiger partial charge in [0.25, 0.3) is 5.91 Å². The summed E-state index contributed by atoms with van der Waals surface area (Å²) in [7, 11) is 0. The van der Waals surface area contributed by atoms with E-state index in [0.717, 1.165) is 62.2 Å². The Labute approximate surface area is 166 Å². The standard InChI is InChI=1S/C23H28N2O3/c1-2-3-13-27-20-10-6-17(7-11-20)23(26)25-18-8-9-19(25)15-22(14-18)28-21-5-4-12-24-16-21/h4-7,10-12,16,18-19,22H,2-3,8-9,13-15H2,1H3. The molecule has 2 bridgehead atoms. The molecular formula is C23H28N2O3. The molecule has 2 fully saturated rings. The van der Waals surface area contributed by atoms with E-state index in [4.69, 9.17) is 9.47 Å². The number of fused-ring (bicyclic) bond motifs is 2. The fourth-order valence-electron chi connectivity index (χ4n) is 4.34. The lowest BCUT2D eigenvalue weighted by atomic mass is 9.98. The van der Waals surface area contributed by atoms with Gasteiger partial charge in [0.05, 0.1) is 12.8 Å². The third-order valence-corrected chi connectivity index (χ3v) is 5.73. The van der Waals surface area contributed by atoms with Crippen molar-refractivity contribution < 1.29 is 14.3 Å². The molecule has 5 nitrogen and oxygen atoms in total. The molecule has 1 amide bonds. The highest BCUT2D eigenvalue weighted by molar-refractivity contribution is 5.95. The molecule has 0 aliphatic carbocycles. The summed E-state index contributed by atoms with van der Waals surface area (Å²) in [5.41, 5.74) is 0.742. The zero-order valence-electron chi connectivity index (χ0n) is 16.4. The summed E-state index contributed by atoms with van der Waals surface area (Å²) in [5.74, 6) is 1.77. The van der Waals surface area contributed by atoms with Crippen LogP contribution in [0.5, 0.6) is 11.5 Å². The van der Waals surface area contributed by atoms with Crippen molar-refractivity contribution in [2.45, 2.75) is 63.6 Å². The summed E-state index contributed by atoms with van der Waals surface area (Å²) in [4.78, 5) is 19.3. The molecule has 2 atom stereocenters. The van der Waals surface area contributed by atoms with Crippen molar-refractivity contribution in [3.63, 3.8) is 0 Å². The Kier molecular flexibility index (Phi) is 5.79. The van der Waals surface area contributed by atoms with E-state index in [1.54, 1.807) is 12.4 Å². The normalized spacial score (nSPS) is 23.5. The lowest BCUT2D eigenvalue weighted by Gasteiger charge is -2.39. The van der Waals surface area contributed by atoms with Crippen LogP contribution < -0.4 is 9.47 Å². The van der Waals surface area contributed by atoms with Crippen molar-refractivity contribution in [1.29, 1.82) is 0 Å². The average molecular weight is 380 g/mol. The molecule has 2 saturated heterocycles. The number of hydrogen-bond donors (Lipinski definition) is 0. The van der Waals surface area contributed by atoms with Gasteiger partial charge in [-0.25, -0.2) is 0 Å². The predicted octanol–water partition coefficient (Wildman–Crippen LogP) is 4.48. The highest BCUT2D eigenvalue weighted by Crippen LogP contribution is 2.38. The van der Waals surface area contributed by atoms with Crippen LogP contribution in [-0.4, -0.2) is 40.6 Å². The summed E-state index contributed by atoms with van der Waals surface area (Å²) in [6, 6.07) is 11.9. The van der Waals surface area contributed by atoms with Gasteiger partial charge in [0.15, 0.2) is 0 Å². The molecule has 1 aromatic heterocycles. The maximum atomic E-state index is 13.1. The van der Waals surface area contributed by atoms with Crippen LogP contribution in [0.4, 0.5) is 0 Å². The van der Waals surface area contributed by atoms with Gasteiger partial charge in [-0.15, -0.1) is 0 Å². The van der Waals surface area contributed by atoms with Gasteiger partial charge in [-0.05, 0) is 55.7 Å². The van der Waals surface area contributed by atoms with Crippen molar-refractivity contribution in [2.24, 2.45) is 0 Å². The van der Waals surface area contributed by atoms with Gasteiger partial charge >= 0.3 is 0 Å². The van der Waals surface area contributed by atoms with Gasteiger partial charge in [-0.3, -0.25) is 9.78 Å².